The van der Waals surface area contributed by atoms with E-state index in [-0.39, 0.29) is 5.82 Å². The van der Waals surface area contributed by atoms with Crippen molar-refractivity contribution in [2.75, 3.05) is 17.7 Å². The van der Waals surface area contributed by atoms with Gasteiger partial charge in [-0.2, -0.15) is 0 Å². The molecule has 104 valence electrons. The molecule has 0 aliphatic heterocycles. The summed E-state index contributed by atoms with van der Waals surface area (Å²) in [7, 11) is 1.81. The second-order valence-corrected chi connectivity index (χ2v) is 4.63. The van der Waals surface area contributed by atoms with E-state index in [0.717, 1.165) is 5.56 Å². The first-order valence-corrected chi connectivity index (χ1v) is 6.12. The van der Waals surface area contributed by atoms with Gasteiger partial charge >= 0.3 is 0 Å². The van der Waals surface area contributed by atoms with E-state index < -0.39 is 5.91 Å². The van der Waals surface area contributed by atoms with Crippen molar-refractivity contribution in [3.05, 3.63) is 59.4 Å². The number of hydrogen-bond acceptors (Lipinski definition) is 3. The number of halogens is 1. The fourth-order valence-electron chi connectivity index (χ4n) is 2.08. The summed E-state index contributed by atoms with van der Waals surface area (Å²) in [6.45, 7) is 0.460. The molecule has 4 N–H and O–H groups in total. The smallest absolute Gasteiger partial charge is 0.250 e. The van der Waals surface area contributed by atoms with E-state index in [9.17, 15) is 9.18 Å². The number of carbonyl (C=O) groups is 1. The predicted octanol–water partition coefficient (Wildman–Crippen LogP) is 2.14. The third-order valence-electron chi connectivity index (χ3n) is 3.01. The Kier molecular flexibility index (Phi) is 3.89. The maximum Gasteiger partial charge on any atom is 0.250 e. The first-order chi connectivity index (χ1) is 9.47. The van der Waals surface area contributed by atoms with Gasteiger partial charge in [-0.3, -0.25) is 4.79 Å². The number of carbonyl (C=O) groups excluding carboxylic acids is 1. The van der Waals surface area contributed by atoms with Crippen molar-refractivity contribution >= 4 is 17.3 Å². The molecule has 2 rings (SSSR count). The van der Waals surface area contributed by atoms with Crippen LogP contribution in [-0.2, 0) is 6.54 Å². The van der Waals surface area contributed by atoms with Crippen LogP contribution in [0, 0.1) is 5.82 Å². The lowest BCUT2D eigenvalue weighted by Gasteiger charge is -2.22. The largest absolute Gasteiger partial charge is 0.399 e. The summed E-state index contributed by atoms with van der Waals surface area (Å²) < 4.78 is 13.2. The highest BCUT2D eigenvalue weighted by molar-refractivity contribution is 5.99. The van der Waals surface area contributed by atoms with Crippen molar-refractivity contribution in [1.29, 1.82) is 0 Å². The highest BCUT2D eigenvalue weighted by Crippen LogP contribution is 2.23. The monoisotopic (exact) mass is 273 g/mol. The lowest BCUT2D eigenvalue weighted by atomic mass is 10.1. The van der Waals surface area contributed by atoms with Crippen molar-refractivity contribution < 1.29 is 9.18 Å². The van der Waals surface area contributed by atoms with Crippen LogP contribution in [0.2, 0.25) is 0 Å². The fourth-order valence-corrected chi connectivity index (χ4v) is 2.08. The third-order valence-corrected chi connectivity index (χ3v) is 3.01. The standard InChI is InChI=1S/C15H16FN3O/c1-19(9-10-3-2-4-11(16)7-10)14-6-5-12(17)8-13(14)15(18)20/h2-8H,9,17H2,1H3,(H2,18,20). The van der Waals surface area contributed by atoms with E-state index in [4.69, 9.17) is 11.5 Å². The number of benzene rings is 2. The predicted molar refractivity (Wildman–Crippen MR) is 77.9 cm³/mol. The number of nitrogen functional groups attached to an aromatic ring is 1. The molecule has 0 atom stereocenters. The number of rotatable bonds is 4. The van der Waals surface area contributed by atoms with Crippen LogP contribution in [0.3, 0.4) is 0 Å². The van der Waals surface area contributed by atoms with E-state index in [2.05, 4.69) is 0 Å². The molecule has 0 saturated heterocycles. The van der Waals surface area contributed by atoms with Crippen molar-refractivity contribution in [2.24, 2.45) is 5.73 Å². The van der Waals surface area contributed by atoms with Crippen LogP contribution in [-0.4, -0.2) is 13.0 Å². The Labute approximate surface area is 116 Å². The van der Waals surface area contributed by atoms with Gasteiger partial charge < -0.3 is 16.4 Å². The minimum atomic E-state index is -0.543. The van der Waals surface area contributed by atoms with Gasteiger partial charge in [-0.1, -0.05) is 12.1 Å². The molecule has 2 aromatic carbocycles. The number of hydrogen-bond donors (Lipinski definition) is 2. The van der Waals surface area contributed by atoms with Gasteiger partial charge in [0.25, 0.3) is 5.91 Å². The van der Waals surface area contributed by atoms with Crippen LogP contribution < -0.4 is 16.4 Å². The van der Waals surface area contributed by atoms with Crippen LogP contribution in [0.25, 0.3) is 0 Å². The second kappa shape index (κ2) is 5.61. The number of primary amides is 1. The van der Waals surface area contributed by atoms with Gasteiger partial charge in [0.15, 0.2) is 0 Å². The summed E-state index contributed by atoms with van der Waals surface area (Å²) in [6, 6.07) is 11.3. The molecule has 0 saturated carbocycles. The maximum atomic E-state index is 13.2. The van der Waals surface area contributed by atoms with Crippen LogP contribution in [0.4, 0.5) is 15.8 Å². The zero-order valence-electron chi connectivity index (χ0n) is 11.1. The lowest BCUT2D eigenvalue weighted by molar-refractivity contribution is 0.100. The Hall–Kier alpha value is -2.56. The molecule has 0 fully saturated rings. The van der Waals surface area contributed by atoms with Crippen molar-refractivity contribution in [3.8, 4) is 0 Å². The molecule has 0 unspecified atom stereocenters. The van der Waals surface area contributed by atoms with E-state index >= 15 is 0 Å². The zero-order chi connectivity index (χ0) is 14.7. The Morgan fingerprint density at radius 1 is 1.25 bits per heavy atom. The third kappa shape index (κ3) is 3.06. The number of nitrogens with zero attached hydrogens (tertiary/aromatic N) is 1. The van der Waals surface area contributed by atoms with Crippen LogP contribution in [0.5, 0.6) is 0 Å². The molecule has 2 aromatic rings. The van der Waals surface area contributed by atoms with Gasteiger partial charge in [0, 0.05) is 25.0 Å². The molecule has 0 bridgehead atoms. The van der Waals surface area contributed by atoms with Gasteiger partial charge in [0.05, 0.1) is 5.56 Å². The highest BCUT2D eigenvalue weighted by Gasteiger charge is 2.12. The van der Waals surface area contributed by atoms with E-state index in [1.54, 1.807) is 24.3 Å². The molecule has 0 aromatic heterocycles. The summed E-state index contributed by atoms with van der Waals surface area (Å²) in [6.07, 6.45) is 0. The molecule has 1 amide bonds. The Morgan fingerprint density at radius 3 is 2.65 bits per heavy atom. The van der Waals surface area contributed by atoms with E-state index in [0.29, 0.717) is 23.5 Å². The first-order valence-electron chi connectivity index (χ1n) is 6.12. The molecule has 5 heteroatoms. The van der Waals surface area contributed by atoms with Crippen molar-refractivity contribution in [2.45, 2.75) is 6.54 Å². The average Bonchev–Trinajstić information content (AvgIpc) is 2.38. The van der Waals surface area contributed by atoms with Gasteiger partial charge in [-0.05, 0) is 35.9 Å². The maximum absolute atomic E-state index is 13.2. The summed E-state index contributed by atoms with van der Waals surface area (Å²) in [5.41, 5.74) is 13.3. The molecule has 0 heterocycles. The van der Waals surface area contributed by atoms with Gasteiger partial charge in [-0.25, -0.2) is 4.39 Å². The number of amides is 1. The minimum Gasteiger partial charge on any atom is -0.399 e. The molecule has 0 aliphatic rings. The minimum absolute atomic E-state index is 0.289. The number of anilines is 2. The summed E-state index contributed by atoms with van der Waals surface area (Å²) >= 11 is 0. The lowest BCUT2D eigenvalue weighted by Crippen LogP contribution is -2.22. The van der Waals surface area contributed by atoms with E-state index in [1.807, 2.05) is 18.0 Å². The Balaban J connectivity index is 2.29. The average molecular weight is 273 g/mol. The number of nitrogens with two attached hydrogens (primary N) is 2. The molecular weight excluding hydrogens is 257 g/mol. The first kappa shape index (κ1) is 13.9. The van der Waals surface area contributed by atoms with Crippen molar-refractivity contribution in [1.82, 2.24) is 0 Å². The van der Waals surface area contributed by atoms with Gasteiger partial charge in [0.2, 0.25) is 0 Å². The van der Waals surface area contributed by atoms with Crippen LogP contribution >= 0.6 is 0 Å². The Morgan fingerprint density at radius 2 is 2.00 bits per heavy atom. The molecule has 0 spiro atoms. The fraction of sp³-hybridized carbons (Fsp3) is 0.133. The summed E-state index contributed by atoms with van der Waals surface area (Å²) in [5.74, 6) is -0.832. The molecule has 0 radical (unpaired) electrons. The SMILES string of the molecule is CN(Cc1cccc(F)c1)c1ccc(N)cc1C(N)=O. The molecule has 20 heavy (non-hydrogen) atoms. The zero-order valence-corrected chi connectivity index (χ0v) is 11.1. The quantitative estimate of drug-likeness (QED) is 0.838. The summed E-state index contributed by atoms with van der Waals surface area (Å²) in [5, 5.41) is 0. The topological polar surface area (TPSA) is 72.3 Å². The summed E-state index contributed by atoms with van der Waals surface area (Å²) in [4.78, 5) is 13.3. The van der Waals surface area contributed by atoms with Crippen molar-refractivity contribution in [3.63, 3.8) is 0 Å². The molecular formula is C15H16FN3O. The second-order valence-electron chi connectivity index (χ2n) is 4.63. The van der Waals surface area contributed by atoms with Crippen LogP contribution in [0.15, 0.2) is 42.5 Å². The normalized spacial score (nSPS) is 10.3. The Bertz CT molecular complexity index is 643. The molecule has 0 aliphatic carbocycles. The van der Waals surface area contributed by atoms with Gasteiger partial charge in [-0.15, -0.1) is 0 Å². The highest BCUT2D eigenvalue weighted by atomic mass is 19.1. The van der Waals surface area contributed by atoms with E-state index in [1.165, 1.54) is 12.1 Å². The molecule has 4 nitrogen and oxygen atoms in total. The van der Waals surface area contributed by atoms with Crippen LogP contribution in [0.1, 0.15) is 15.9 Å². The van der Waals surface area contributed by atoms with Gasteiger partial charge in [0.1, 0.15) is 5.82 Å².